The molecular weight excluding hydrogens is 386 g/mol. The number of terminal acetylenes is 1. The van der Waals surface area contributed by atoms with Gasteiger partial charge in [-0.1, -0.05) is 105 Å². The monoisotopic (exact) mass is 417 g/mol. The maximum atomic E-state index is 5.86. The minimum Gasteiger partial charge on any atom is -0.348 e. The first kappa shape index (κ1) is 21.7. The molecule has 0 aromatic heterocycles. The summed E-state index contributed by atoms with van der Waals surface area (Å²) in [7, 11) is 0. The van der Waals surface area contributed by atoms with Crippen molar-refractivity contribution < 1.29 is 0 Å². The Balaban J connectivity index is 1.61. The highest BCUT2D eigenvalue weighted by Gasteiger charge is 2.37. The Bertz CT molecular complexity index is 1220. The van der Waals surface area contributed by atoms with E-state index >= 15 is 0 Å². The molecule has 2 aromatic rings. The average Bonchev–Trinajstić information content (AvgIpc) is 2.88. The molecule has 1 N–H and O–H groups in total. The van der Waals surface area contributed by atoms with E-state index in [9.17, 15) is 0 Å². The van der Waals surface area contributed by atoms with Crippen LogP contribution in [0.15, 0.2) is 96.3 Å². The number of allylic oxidation sites excluding steroid dienone is 10. The van der Waals surface area contributed by atoms with Gasteiger partial charge in [0.2, 0.25) is 0 Å². The van der Waals surface area contributed by atoms with Crippen LogP contribution in [0.25, 0.3) is 5.57 Å². The van der Waals surface area contributed by atoms with Gasteiger partial charge in [-0.3, -0.25) is 0 Å². The van der Waals surface area contributed by atoms with E-state index in [1.165, 1.54) is 33.4 Å². The number of aryl methyl sites for hydroxylation is 1. The molecule has 1 unspecified atom stereocenters. The lowest BCUT2D eigenvalue weighted by Gasteiger charge is -2.23. The van der Waals surface area contributed by atoms with Crippen molar-refractivity contribution in [3.63, 3.8) is 0 Å². The molecule has 2 aliphatic carbocycles. The van der Waals surface area contributed by atoms with Crippen molar-refractivity contribution >= 4 is 11.3 Å². The van der Waals surface area contributed by atoms with Crippen LogP contribution in [0.3, 0.4) is 0 Å². The zero-order chi connectivity index (χ0) is 22.7. The summed E-state index contributed by atoms with van der Waals surface area (Å²) in [5, 5.41) is 3.52. The molecule has 1 nitrogen and oxygen atoms in total. The standard InChI is InChI=1S/C31H31N/c1-6-25(14-8-7-12-24-13-9-11-23(3)21-24)32-29-16-10-15-28-30(29)26-19-17-22(2)18-20-27(26)31(28,4)5/h1,7-11,13-22,32H,12H2,2-5H3/b8-7-,25-14+. The van der Waals surface area contributed by atoms with Gasteiger partial charge in [0, 0.05) is 16.7 Å². The Morgan fingerprint density at radius 1 is 1.12 bits per heavy atom. The fourth-order valence-electron chi connectivity index (χ4n) is 4.59. The second-order valence-corrected chi connectivity index (χ2v) is 9.23. The Hall–Kier alpha value is -3.50. The maximum absolute atomic E-state index is 5.86. The fourth-order valence-corrected chi connectivity index (χ4v) is 4.59. The molecule has 0 spiro atoms. The van der Waals surface area contributed by atoms with Crippen molar-refractivity contribution in [2.75, 3.05) is 5.32 Å². The molecule has 0 aliphatic heterocycles. The van der Waals surface area contributed by atoms with Crippen LogP contribution in [0.4, 0.5) is 5.69 Å². The molecule has 0 radical (unpaired) electrons. The second-order valence-electron chi connectivity index (χ2n) is 9.23. The van der Waals surface area contributed by atoms with Crippen molar-refractivity contribution in [1.82, 2.24) is 0 Å². The summed E-state index contributed by atoms with van der Waals surface area (Å²) in [6.45, 7) is 8.94. The largest absolute Gasteiger partial charge is 0.348 e. The number of fused-ring (bicyclic) bond motifs is 2. The van der Waals surface area contributed by atoms with E-state index in [1.807, 2.05) is 12.2 Å². The summed E-state index contributed by atoms with van der Waals surface area (Å²) < 4.78 is 0. The average molecular weight is 418 g/mol. The third kappa shape index (κ3) is 4.27. The molecule has 0 saturated heterocycles. The number of rotatable bonds is 5. The third-order valence-electron chi connectivity index (χ3n) is 6.36. The highest BCUT2D eigenvalue weighted by molar-refractivity contribution is 5.94. The highest BCUT2D eigenvalue weighted by Crippen LogP contribution is 2.50. The molecule has 2 aliphatic rings. The lowest BCUT2D eigenvalue weighted by molar-refractivity contribution is 0.653. The number of anilines is 1. The predicted octanol–water partition coefficient (Wildman–Crippen LogP) is 7.53. The second kappa shape index (κ2) is 8.93. The van der Waals surface area contributed by atoms with E-state index in [2.05, 4.69) is 112 Å². The topological polar surface area (TPSA) is 12.0 Å². The molecular formula is C31H31N. The molecule has 0 saturated carbocycles. The van der Waals surface area contributed by atoms with Crippen LogP contribution >= 0.6 is 0 Å². The van der Waals surface area contributed by atoms with Gasteiger partial charge in [-0.2, -0.15) is 0 Å². The summed E-state index contributed by atoms with van der Waals surface area (Å²) >= 11 is 0. The molecule has 32 heavy (non-hydrogen) atoms. The molecule has 4 rings (SSSR count). The molecule has 0 amide bonds. The van der Waals surface area contributed by atoms with Crippen LogP contribution in [0.1, 0.15) is 43.0 Å². The molecule has 0 bridgehead atoms. The van der Waals surface area contributed by atoms with Gasteiger partial charge in [-0.15, -0.1) is 6.42 Å². The van der Waals surface area contributed by atoms with Crippen LogP contribution in [0, 0.1) is 25.2 Å². The number of hydrogen-bond acceptors (Lipinski definition) is 1. The molecule has 2 aromatic carbocycles. The van der Waals surface area contributed by atoms with Crippen molar-refractivity contribution in [2.45, 2.75) is 39.5 Å². The van der Waals surface area contributed by atoms with Crippen molar-refractivity contribution in [3.8, 4) is 12.3 Å². The Labute approximate surface area is 193 Å². The Kier molecular flexibility index (Phi) is 6.06. The van der Waals surface area contributed by atoms with Gasteiger partial charge in [-0.25, -0.2) is 0 Å². The summed E-state index contributed by atoms with van der Waals surface area (Å²) in [5.74, 6) is 3.24. The van der Waals surface area contributed by atoms with Crippen molar-refractivity contribution in [1.29, 1.82) is 0 Å². The smallest absolute Gasteiger partial charge is 0.0894 e. The van der Waals surface area contributed by atoms with Crippen LogP contribution < -0.4 is 5.32 Å². The van der Waals surface area contributed by atoms with E-state index in [0.717, 1.165) is 17.8 Å². The quantitative estimate of drug-likeness (QED) is 0.392. The lowest BCUT2D eigenvalue weighted by Crippen LogP contribution is -2.16. The van der Waals surface area contributed by atoms with Crippen molar-refractivity contribution in [3.05, 3.63) is 119 Å². The molecule has 1 heteroatoms. The summed E-state index contributed by atoms with van der Waals surface area (Å²) in [4.78, 5) is 0. The minimum absolute atomic E-state index is 0.0407. The Morgan fingerprint density at radius 2 is 1.91 bits per heavy atom. The minimum atomic E-state index is -0.0407. The molecule has 160 valence electrons. The first-order valence-electron chi connectivity index (χ1n) is 11.3. The van der Waals surface area contributed by atoms with Crippen LogP contribution in [-0.4, -0.2) is 0 Å². The van der Waals surface area contributed by atoms with Crippen LogP contribution in [-0.2, 0) is 11.8 Å². The number of nitrogens with one attached hydrogen (secondary N) is 1. The maximum Gasteiger partial charge on any atom is 0.0894 e. The normalized spacial score (nSPS) is 19.0. The summed E-state index contributed by atoms with van der Waals surface area (Å²) in [5.41, 5.74) is 9.61. The first-order valence-corrected chi connectivity index (χ1v) is 11.3. The predicted molar refractivity (Wildman–Crippen MR) is 138 cm³/mol. The Morgan fingerprint density at radius 3 is 2.69 bits per heavy atom. The number of benzene rings is 2. The van der Waals surface area contributed by atoms with E-state index in [1.54, 1.807) is 0 Å². The fraction of sp³-hybridized carbons (Fsp3) is 0.226. The van der Waals surface area contributed by atoms with Crippen LogP contribution in [0.2, 0.25) is 0 Å². The molecule has 0 fully saturated rings. The van der Waals surface area contributed by atoms with Gasteiger partial charge in [0.1, 0.15) is 0 Å². The lowest BCUT2D eigenvalue weighted by atomic mass is 9.81. The van der Waals surface area contributed by atoms with Gasteiger partial charge >= 0.3 is 0 Å². The van der Waals surface area contributed by atoms with Crippen molar-refractivity contribution in [2.24, 2.45) is 5.92 Å². The first-order chi connectivity index (χ1) is 15.4. The number of hydrogen-bond donors (Lipinski definition) is 1. The van der Waals surface area contributed by atoms with E-state index in [4.69, 9.17) is 6.42 Å². The van der Waals surface area contributed by atoms with Gasteiger partial charge in [0.25, 0.3) is 0 Å². The SMILES string of the molecule is C#C/C(=C\C=C/Cc1cccc(C)c1)Nc1cccc2c1C1=C(C=CC(C)C=C1)C2(C)C. The van der Waals surface area contributed by atoms with Gasteiger partial charge in [-0.05, 0) is 53.7 Å². The van der Waals surface area contributed by atoms with Gasteiger partial charge < -0.3 is 5.32 Å². The van der Waals surface area contributed by atoms with E-state index < -0.39 is 0 Å². The zero-order valence-electron chi connectivity index (χ0n) is 19.4. The highest BCUT2D eigenvalue weighted by atomic mass is 14.9. The zero-order valence-corrected chi connectivity index (χ0v) is 19.4. The van der Waals surface area contributed by atoms with Crippen LogP contribution in [0.5, 0.6) is 0 Å². The summed E-state index contributed by atoms with van der Waals surface area (Å²) in [6.07, 6.45) is 22.0. The van der Waals surface area contributed by atoms with Gasteiger partial charge in [0.15, 0.2) is 0 Å². The van der Waals surface area contributed by atoms with Gasteiger partial charge in [0.05, 0.1) is 5.70 Å². The van der Waals surface area contributed by atoms with E-state index in [0.29, 0.717) is 5.92 Å². The molecule has 1 atom stereocenters. The van der Waals surface area contributed by atoms with E-state index in [-0.39, 0.29) is 5.41 Å². The molecule has 0 heterocycles. The summed E-state index contributed by atoms with van der Waals surface area (Å²) in [6, 6.07) is 15.1. The third-order valence-corrected chi connectivity index (χ3v) is 6.36.